The Balaban J connectivity index is 2.22. The molecule has 1 heteroatoms. The SMILES string of the molecule is CCCC(C)(C)CC1OC1C. The first-order valence-electron chi connectivity index (χ1n) is 4.70. The zero-order valence-corrected chi connectivity index (χ0v) is 8.18. The van der Waals surface area contributed by atoms with Crippen LogP contribution < -0.4 is 0 Å². The van der Waals surface area contributed by atoms with Crippen LogP contribution in [0.5, 0.6) is 0 Å². The molecule has 1 rings (SSSR count). The molecule has 1 nitrogen and oxygen atoms in total. The third kappa shape index (κ3) is 2.82. The number of rotatable bonds is 4. The zero-order chi connectivity index (χ0) is 8.48. The molecule has 0 aromatic carbocycles. The van der Waals surface area contributed by atoms with E-state index in [2.05, 4.69) is 27.7 Å². The van der Waals surface area contributed by atoms with E-state index in [0.717, 1.165) is 0 Å². The van der Waals surface area contributed by atoms with Crippen LogP contribution in [-0.4, -0.2) is 12.2 Å². The van der Waals surface area contributed by atoms with Crippen LogP contribution in [0.1, 0.15) is 47.0 Å². The lowest BCUT2D eigenvalue weighted by Gasteiger charge is -2.22. The minimum absolute atomic E-state index is 0.490. The lowest BCUT2D eigenvalue weighted by atomic mass is 9.83. The predicted molar refractivity (Wildman–Crippen MR) is 47.6 cm³/mol. The van der Waals surface area contributed by atoms with Gasteiger partial charge in [0.05, 0.1) is 12.2 Å². The summed E-state index contributed by atoms with van der Waals surface area (Å²) < 4.78 is 5.40. The van der Waals surface area contributed by atoms with Crippen molar-refractivity contribution in [1.29, 1.82) is 0 Å². The van der Waals surface area contributed by atoms with Gasteiger partial charge in [-0.1, -0.05) is 27.2 Å². The van der Waals surface area contributed by atoms with Gasteiger partial charge in [0.2, 0.25) is 0 Å². The highest BCUT2D eigenvalue weighted by Crippen LogP contribution is 2.36. The summed E-state index contributed by atoms with van der Waals surface area (Å²) in [5.74, 6) is 0. The van der Waals surface area contributed by atoms with Gasteiger partial charge < -0.3 is 4.74 Å². The van der Waals surface area contributed by atoms with E-state index in [-0.39, 0.29) is 0 Å². The van der Waals surface area contributed by atoms with E-state index in [4.69, 9.17) is 4.74 Å². The molecule has 0 aromatic heterocycles. The van der Waals surface area contributed by atoms with E-state index in [1.165, 1.54) is 19.3 Å². The molecule has 0 spiro atoms. The van der Waals surface area contributed by atoms with Gasteiger partial charge in [0.1, 0.15) is 0 Å². The van der Waals surface area contributed by atoms with Crippen molar-refractivity contribution < 1.29 is 4.74 Å². The van der Waals surface area contributed by atoms with Crippen molar-refractivity contribution in [2.75, 3.05) is 0 Å². The molecule has 0 aliphatic carbocycles. The molecule has 66 valence electrons. The van der Waals surface area contributed by atoms with Crippen molar-refractivity contribution in [3.63, 3.8) is 0 Å². The molecular formula is C10H20O. The largest absolute Gasteiger partial charge is 0.370 e. The fraction of sp³-hybridized carbons (Fsp3) is 1.00. The highest BCUT2D eigenvalue weighted by molar-refractivity contribution is 4.86. The van der Waals surface area contributed by atoms with E-state index < -0.39 is 0 Å². The van der Waals surface area contributed by atoms with E-state index >= 15 is 0 Å². The van der Waals surface area contributed by atoms with E-state index in [1.54, 1.807) is 0 Å². The second kappa shape index (κ2) is 3.14. The summed E-state index contributed by atoms with van der Waals surface area (Å²) in [6.45, 7) is 9.08. The maximum absolute atomic E-state index is 5.40. The molecule has 1 aliphatic heterocycles. The number of epoxide rings is 1. The Morgan fingerprint density at radius 3 is 2.27 bits per heavy atom. The lowest BCUT2D eigenvalue weighted by Crippen LogP contribution is -2.14. The molecule has 1 fully saturated rings. The third-order valence-corrected chi connectivity index (χ3v) is 2.52. The standard InChI is InChI=1S/C10H20O/c1-5-6-10(3,4)7-9-8(2)11-9/h8-9H,5-7H2,1-4H3. The van der Waals surface area contributed by atoms with Crippen LogP contribution in [-0.2, 0) is 4.74 Å². The van der Waals surface area contributed by atoms with Gasteiger partial charge in [0, 0.05) is 0 Å². The highest BCUT2D eigenvalue weighted by Gasteiger charge is 2.38. The molecule has 0 aromatic rings. The Labute approximate surface area is 70.1 Å². The molecule has 0 saturated carbocycles. The molecule has 2 atom stereocenters. The van der Waals surface area contributed by atoms with Gasteiger partial charge in [-0.2, -0.15) is 0 Å². The van der Waals surface area contributed by atoms with Gasteiger partial charge in [0.15, 0.2) is 0 Å². The fourth-order valence-corrected chi connectivity index (χ4v) is 1.77. The minimum Gasteiger partial charge on any atom is -0.370 e. The minimum atomic E-state index is 0.490. The van der Waals surface area contributed by atoms with E-state index in [0.29, 0.717) is 17.6 Å². The smallest absolute Gasteiger partial charge is 0.0844 e. The summed E-state index contributed by atoms with van der Waals surface area (Å²) in [6.07, 6.45) is 4.94. The summed E-state index contributed by atoms with van der Waals surface area (Å²) in [4.78, 5) is 0. The summed E-state index contributed by atoms with van der Waals surface area (Å²) in [5, 5.41) is 0. The van der Waals surface area contributed by atoms with Gasteiger partial charge in [0.25, 0.3) is 0 Å². The molecule has 2 unspecified atom stereocenters. The summed E-state index contributed by atoms with van der Waals surface area (Å²) in [5.41, 5.74) is 0.490. The van der Waals surface area contributed by atoms with Crippen molar-refractivity contribution in [2.24, 2.45) is 5.41 Å². The first kappa shape index (κ1) is 9.05. The lowest BCUT2D eigenvalue weighted by molar-refractivity contribution is 0.256. The third-order valence-electron chi connectivity index (χ3n) is 2.52. The topological polar surface area (TPSA) is 12.5 Å². The average Bonchev–Trinajstić information content (AvgIpc) is 2.44. The van der Waals surface area contributed by atoms with Crippen LogP contribution in [0.2, 0.25) is 0 Å². The predicted octanol–water partition coefficient (Wildman–Crippen LogP) is 2.99. The number of ether oxygens (including phenoxy) is 1. The Morgan fingerprint density at radius 1 is 1.36 bits per heavy atom. The van der Waals surface area contributed by atoms with Crippen LogP contribution in [0, 0.1) is 5.41 Å². The first-order chi connectivity index (χ1) is 5.05. The molecule has 1 heterocycles. The number of hydrogen-bond acceptors (Lipinski definition) is 1. The Hall–Kier alpha value is -0.0400. The second-order valence-electron chi connectivity index (χ2n) is 4.50. The van der Waals surface area contributed by atoms with Crippen LogP contribution in [0.15, 0.2) is 0 Å². The second-order valence-corrected chi connectivity index (χ2v) is 4.50. The Kier molecular flexibility index (Phi) is 2.58. The van der Waals surface area contributed by atoms with Gasteiger partial charge >= 0.3 is 0 Å². The van der Waals surface area contributed by atoms with Crippen molar-refractivity contribution in [3.8, 4) is 0 Å². The molecule has 0 amide bonds. The van der Waals surface area contributed by atoms with Gasteiger partial charge in [-0.05, 0) is 25.2 Å². The molecule has 0 N–H and O–H groups in total. The molecular weight excluding hydrogens is 136 g/mol. The van der Waals surface area contributed by atoms with Gasteiger partial charge in [-0.25, -0.2) is 0 Å². The van der Waals surface area contributed by atoms with Crippen LogP contribution in [0.25, 0.3) is 0 Å². The molecule has 1 saturated heterocycles. The fourth-order valence-electron chi connectivity index (χ4n) is 1.77. The summed E-state index contributed by atoms with van der Waals surface area (Å²) >= 11 is 0. The van der Waals surface area contributed by atoms with Crippen molar-refractivity contribution >= 4 is 0 Å². The van der Waals surface area contributed by atoms with Gasteiger partial charge in [-0.3, -0.25) is 0 Å². The van der Waals surface area contributed by atoms with Crippen molar-refractivity contribution in [3.05, 3.63) is 0 Å². The van der Waals surface area contributed by atoms with Gasteiger partial charge in [-0.15, -0.1) is 0 Å². The number of hydrogen-bond donors (Lipinski definition) is 0. The molecule has 1 aliphatic rings. The van der Waals surface area contributed by atoms with Crippen LogP contribution >= 0.6 is 0 Å². The summed E-state index contributed by atoms with van der Waals surface area (Å²) in [7, 11) is 0. The monoisotopic (exact) mass is 156 g/mol. The quantitative estimate of drug-likeness (QED) is 0.570. The zero-order valence-electron chi connectivity index (χ0n) is 8.18. The average molecular weight is 156 g/mol. The van der Waals surface area contributed by atoms with Crippen LogP contribution in [0.3, 0.4) is 0 Å². The van der Waals surface area contributed by atoms with E-state index in [1.807, 2.05) is 0 Å². The Morgan fingerprint density at radius 2 is 1.91 bits per heavy atom. The van der Waals surface area contributed by atoms with Crippen LogP contribution in [0.4, 0.5) is 0 Å². The molecule has 11 heavy (non-hydrogen) atoms. The van der Waals surface area contributed by atoms with Crippen molar-refractivity contribution in [2.45, 2.75) is 59.2 Å². The maximum atomic E-state index is 5.40. The molecule has 0 bridgehead atoms. The van der Waals surface area contributed by atoms with Crippen molar-refractivity contribution in [1.82, 2.24) is 0 Å². The Bertz CT molecular complexity index is 129. The summed E-state index contributed by atoms with van der Waals surface area (Å²) in [6, 6.07) is 0. The molecule has 0 radical (unpaired) electrons. The maximum Gasteiger partial charge on any atom is 0.0844 e. The van der Waals surface area contributed by atoms with E-state index in [9.17, 15) is 0 Å². The normalized spacial score (nSPS) is 30.5. The first-order valence-corrected chi connectivity index (χ1v) is 4.70. The highest BCUT2D eigenvalue weighted by atomic mass is 16.6.